The van der Waals surface area contributed by atoms with Gasteiger partial charge in [-0.05, 0) is 18.6 Å². The van der Waals surface area contributed by atoms with Crippen LogP contribution in [0.2, 0.25) is 0 Å². The fourth-order valence-corrected chi connectivity index (χ4v) is 5.07. The van der Waals surface area contributed by atoms with Crippen LogP contribution in [0.1, 0.15) is 27.7 Å². The number of sulfone groups is 1. The second-order valence-corrected chi connectivity index (χ2v) is 9.82. The van der Waals surface area contributed by atoms with E-state index in [-0.39, 0.29) is 17.4 Å². The molecule has 0 N–H and O–H groups in total. The Bertz CT molecular complexity index is 1210. The maximum Gasteiger partial charge on any atom is 0.242 e. The lowest BCUT2D eigenvalue weighted by Crippen LogP contribution is -2.08. The molecule has 0 spiro atoms. The molecule has 148 valence electrons. The number of nitrogens with zero attached hydrogens (tertiary/aromatic N) is 3. The first kappa shape index (κ1) is 19.5. The average molecular weight is 426 g/mol. The summed E-state index contributed by atoms with van der Waals surface area (Å²) in [6.07, 6.45) is 0.690. The summed E-state index contributed by atoms with van der Waals surface area (Å²) in [7, 11) is -3.48. The highest BCUT2D eigenvalue weighted by molar-refractivity contribution is 7.89. The van der Waals surface area contributed by atoms with Crippen LogP contribution in [0.3, 0.4) is 0 Å². The minimum atomic E-state index is -3.48. The zero-order valence-electron chi connectivity index (χ0n) is 15.8. The van der Waals surface area contributed by atoms with Crippen LogP contribution in [0, 0.1) is 6.92 Å². The van der Waals surface area contributed by atoms with Gasteiger partial charge in [-0.1, -0.05) is 59.3 Å². The number of thiazole rings is 1. The van der Waals surface area contributed by atoms with Gasteiger partial charge in [-0.2, -0.15) is 4.98 Å². The van der Waals surface area contributed by atoms with Gasteiger partial charge in [0, 0.05) is 17.4 Å². The molecule has 4 aromatic rings. The average Bonchev–Trinajstić information content (AvgIpc) is 3.31. The molecule has 0 aliphatic rings. The van der Waals surface area contributed by atoms with Gasteiger partial charge in [0.25, 0.3) is 0 Å². The molecule has 0 fully saturated rings. The standard InChI is InChI=1S/C21H19N3O3S2/c1-15-6-5-9-17(10-15)21-23-19(27-24-21)14-29(25,26)13-18-12-28-20(22-18)11-16-7-3-2-4-8-16/h2-10,12H,11,13-14H2,1H3. The van der Waals surface area contributed by atoms with E-state index in [9.17, 15) is 8.42 Å². The summed E-state index contributed by atoms with van der Waals surface area (Å²) >= 11 is 1.47. The molecule has 0 saturated carbocycles. The van der Waals surface area contributed by atoms with Crippen LogP contribution in [0.25, 0.3) is 11.4 Å². The molecular weight excluding hydrogens is 406 g/mol. The maximum absolute atomic E-state index is 12.6. The Balaban J connectivity index is 1.42. The number of rotatable bonds is 7. The van der Waals surface area contributed by atoms with Crippen molar-refractivity contribution in [1.29, 1.82) is 0 Å². The van der Waals surface area contributed by atoms with Gasteiger partial charge in [-0.15, -0.1) is 11.3 Å². The van der Waals surface area contributed by atoms with Crippen molar-refractivity contribution in [2.45, 2.75) is 24.9 Å². The van der Waals surface area contributed by atoms with Gasteiger partial charge in [0.1, 0.15) is 5.75 Å². The van der Waals surface area contributed by atoms with Gasteiger partial charge < -0.3 is 4.52 Å². The molecule has 0 aliphatic carbocycles. The van der Waals surface area contributed by atoms with Crippen molar-refractivity contribution in [1.82, 2.24) is 15.1 Å². The molecule has 2 heterocycles. The van der Waals surface area contributed by atoms with Crippen molar-refractivity contribution < 1.29 is 12.9 Å². The van der Waals surface area contributed by atoms with Crippen molar-refractivity contribution in [2.75, 3.05) is 0 Å². The quantitative estimate of drug-likeness (QED) is 0.441. The van der Waals surface area contributed by atoms with Gasteiger partial charge in [-0.3, -0.25) is 0 Å². The Labute approximate surface area is 173 Å². The lowest BCUT2D eigenvalue weighted by molar-refractivity contribution is 0.389. The number of aryl methyl sites for hydroxylation is 1. The zero-order chi connectivity index (χ0) is 20.3. The normalized spacial score (nSPS) is 11.6. The lowest BCUT2D eigenvalue weighted by atomic mass is 10.1. The molecule has 0 amide bonds. The summed E-state index contributed by atoms with van der Waals surface area (Å²) in [5.74, 6) is 0.0107. The molecular formula is C21H19N3O3S2. The van der Waals surface area contributed by atoms with E-state index in [4.69, 9.17) is 4.52 Å². The Morgan fingerprint density at radius 1 is 1.00 bits per heavy atom. The van der Waals surface area contributed by atoms with Crippen LogP contribution in [0.5, 0.6) is 0 Å². The SMILES string of the molecule is Cc1cccc(-c2noc(CS(=O)(=O)Cc3csc(Cc4ccccc4)n3)n2)c1. The Kier molecular flexibility index (Phi) is 5.55. The van der Waals surface area contributed by atoms with Gasteiger partial charge in [0.2, 0.25) is 11.7 Å². The third-order valence-electron chi connectivity index (χ3n) is 4.25. The van der Waals surface area contributed by atoms with Crippen molar-refractivity contribution in [3.8, 4) is 11.4 Å². The van der Waals surface area contributed by atoms with Crippen LogP contribution >= 0.6 is 11.3 Å². The number of benzene rings is 2. The van der Waals surface area contributed by atoms with E-state index in [0.717, 1.165) is 21.7 Å². The summed E-state index contributed by atoms with van der Waals surface area (Å²) < 4.78 is 30.3. The molecule has 8 heteroatoms. The highest BCUT2D eigenvalue weighted by atomic mass is 32.2. The number of hydrogen-bond acceptors (Lipinski definition) is 7. The molecule has 0 saturated heterocycles. The van der Waals surface area contributed by atoms with E-state index in [1.807, 2.05) is 61.5 Å². The van der Waals surface area contributed by atoms with Gasteiger partial charge >= 0.3 is 0 Å². The lowest BCUT2D eigenvalue weighted by Gasteiger charge is -1.99. The van der Waals surface area contributed by atoms with E-state index < -0.39 is 9.84 Å². The van der Waals surface area contributed by atoms with Crippen LogP contribution in [0.4, 0.5) is 0 Å². The Morgan fingerprint density at radius 3 is 2.62 bits per heavy atom. The minimum absolute atomic E-state index is 0.0845. The summed E-state index contributed by atoms with van der Waals surface area (Å²) in [4.78, 5) is 8.70. The Hall–Kier alpha value is -2.84. The molecule has 0 radical (unpaired) electrons. The smallest absolute Gasteiger partial charge is 0.242 e. The summed E-state index contributed by atoms with van der Waals surface area (Å²) in [6, 6.07) is 17.6. The van der Waals surface area contributed by atoms with E-state index in [0.29, 0.717) is 17.9 Å². The van der Waals surface area contributed by atoms with Crippen LogP contribution in [-0.4, -0.2) is 23.5 Å². The van der Waals surface area contributed by atoms with Gasteiger partial charge in [0.15, 0.2) is 9.84 Å². The molecule has 6 nitrogen and oxygen atoms in total. The second-order valence-electron chi connectivity index (χ2n) is 6.81. The molecule has 0 unspecified atom stereocenters. The first-order chi connectivity index (χ1) is 14.0. The summed E-state index contributed by atoms with van der Waals surface area (Å²) in [5, 5.41) is 6.59. The first-order valence-corrected chi connectivity index (χ1v) is 11.7. The summed E-state index contributed by atoms with van der Waals surface area (Å²) in [6.45, 7) is 1.97. The molecule has 2 aromatic carbocycles. The van der Waals surface area contributed by atoms with Crippen LogP contribution in [-0.2, 0) is 27.8 Å². The minimum Gasteiger partial charge on any atom is -0.338 e. The molecule has 2 aromatic heterocycles. The first-order valence-electron chi connectivity index (χ1n) is 9.04. The highest BCUT2D eigenvalue weighted by Gasteiger charge is 2.20. The Morgan fingerprint density at radius 2 is 1.83 bits per heavy atom. The number of aromatic nitrogens is 3. The maximum atomic E-state index is 12.6. The van der Waals surface area contributed by atoms with Crippen molar-refractivity contribution in [2.24, 2.45) is 0 Å². The topological polar surface area (TPSA) is 86.0 Å². The van der Waals surface area contributed by atoms with E-state index in [1.165, 1.54) is 11.3 Å². The molecule has 0 atom stereocenters. The van der Waals surface area contributed by atoms with Gasteiger partial charge in [-0.25, -0.2) is 13.4 Å². The van der Waals surface area contributed by atoms with Crippen LogP contribution in [0.15, 0.2) is 64.5 Å². The molecule has 4 rings (SSSR count). The predicted molar refractivity (Wildman–Crippen MR) is 112 cm³/mol. The highest BCUT2D eigenvalue weighted by Crippen LogP contribution is 2.20. The van der Waals surface area contributed by atoms with E-state index in [1.54, 1.807) is 5.38 Å². The fourth-order valence-electron chi connectivity index (χ4n) is 2.95. The third kappa shape index (κ3) is 5.16. The summed E-state index contributed by atoms with van der Waals surface area (Å²) in [5.41, 5.74) is 3.55. The molecule has 0 aliphatic heterocycles. The monoisotopic (exact) mass is 425 g/mol. The fraction of sp³-hybridized carbons (Fsp3) is 0.190. The molecule has 29 heavy (non-hydrogen) atoms. The van der Waals surface area contributed by atoms with Crippen molar-refractivity contribution in [3.05, 3.63) is 87.7 Å². The van der Waals surface area contributed by atoms with Crippen molar-refractivity contribution in [3.63, 3.8) is 0 Å². The largest absolute Gasteiger partial charge is 0.338 e. The van der Waals surface area contributed by atoms with Gasteiger partial charge in [0.05, 0.1) is 16.5 Å². The van der Waals surface area contributed by atoms with E-state index >= 15 is 0 Å². The third-order valence-corrected chi connectivity index (χ3v) is 6.57. The van der Waals surface area contributed by atoms with Crippen molar-refractivity contribution >= 4 is 21.2 Å². The second kappa shape index (κ2) is 8.26. The van der Waals surface area contributed by atoms with E-state index in [2.05, 4.69) is 15.1 Å². The molecule has 0 bridgehead atoms. The predicted octanol–water partition coefficient (Wildman–Crippen LogP) is 4.21. The number of hydrogen-bond donors (Lipinski definition) is 0. The zero-order valence-corrected chi connectivity index (χ0v) is 17.4. The van der Waals surface area contributed by atoms with Crippen LogP contribution < -0.4 is 0 Å².